The number of nitrogens with two attached hydrogens (primary N) is 1. The zero-order valence-corrected chi connectivity index (χ0v) is 19.3. The molecule has 0 bridgehead atoms. The third-order valence-electron chi connectivity index (χ3n) is 5.47. The average molecular weight is 471 g/mol. The van der Waals surface area contributed by atoms with Gasteiger partial charge in [0, 0.05) is 50.3 Å². The van der Waals surface area contributed by atoms with Crippen molar-refractivity contribution in [2.75, 3.05) is 71.3 Å². The summed E-state index contributed by atoms with van der Waals surface area (Å²) in [4.78, 5) is 19.4. The van der Waals surface area contributed by atoms with Crippen LogP contribution in [0.4, 0.5) is 5.69 Å². The lowest BCUT2D eigenvalue weighted by molar-refractivity contribution is 0.0474. The molecule has 1 aromatic rings. The van der Waals surface area contributed by atoms with Gasteiger partial charge < -0.3 is 20.5 Å². The first-order chi connectivity index (χ1) is 14.0. The van der Waals surface area contributed by atoms with Crippen molar-refractivity contribution in [1.82, 2.24) is 14.7 Å². The van der Waals surface area contributed by atoms with Gasteiger partial charge in [0.1, 0.15) is 0 Å². The van der Waals surface area contributed by atoms with Gasteiger partial charge in [-0.3, -0.25) is 9.80 Å². The van der Waals surface area contributed by atoms with Crippen LogP contribution in [0.1, 0.15) is 36.2 Å². The van der Waals surface area contributed by atoms with E-state index >= 15 is 0 Å². The maximum Gasteiger partial charge on any atom is 0.338 e. The number of aliphatic hydroxyl groups is 1. The van der Waals surface area contributed by atoms with E-state index < -0.39 is 0 Å². The lowest BCUT2D eigenvalue weighted by atomic mass is 10.1. The van der Waals surface area contributed by atoms with E-state index in [4.69, 9.17) is 15.6 Å². The number of carbonyl (C=O) groups is 1. The zero-order valence-electron chi connectivity index (χ0n) is 17.7. The zero-order chi connectivity index (χ0) is 21.2. The number of anilines is 1. The first kappa shape index (κ1) is 24.1. The fourth-order valence-electron chi connectivity index (χ4n) is 3.53. The molecule has 1 aliphatic rings. The number of aliphatic hydroxyl groups excluding tert-OH is 1. The quantitative estimate of drug-likeness (QED) is 0.290. The van der Waals surface area contributed by atoms with Gasteiger partial charge in [-0.1, -0.05) is 13.8 Å². The van der Waals surface area contributed by atoms with Crippen LogP contribution in [0.3, 0.4) is 0 Å². The Morgan fingerprint density at radius 2 is 1.79 bits per heavy atom. The Morgan fingerprint density at radius 1 is 1.17 bits per heavy atom. The average Bonchev–Trinajstić information content (AvgIpc) is 2.73. The molecule has 0 aliphatic carbocycles. The van der Waals surface area contributed by atoms with Crippen LogP contribution in [-0.4, -0.2) is 91.3 Å². The smallest absolute Gasteiger partial charge is 0.338 e. The predicted molar refractivity (Wildman–Crippen MR) is 120 cm³/mol. The number of rotatable bonds is 11. The molecule has 1 aromatic carbocycles. The maximum atomic E-state index is 12.5. The van der Waals surface area contributed by atoms with Crippen LogP contribution >= 0.6 is 15.9 Å². The highest BCUT2D eigenvalue weighted by Crippen LogP contribution is 2.27. The summed E-state index contributed by atoms with van der Waals surface area (Å²) in [6.45, 7) is 13.0. The minimum atomic E-state index is -0.306. The fourth-order valence-corrected chi connectivity index (χ4v) is 4.03. The standard InChI is InChI=1S/C21H35BrN4O3/c1-3-24(4-2)16-18-14-17(15-19(22)20(18)23)21(28)29-13-5-6-25-7-9-26(10-8-25)11-12-27/h14-15,27H,3-13,16,23H2,1-2H3. The number of piperazine rings is 1. The Morgan fingerprint density at radius 3 is 2.38 bits per heavy atom. The minimum absolute atomic E-state index is 0.216. The molecular weight excluding hydrogens is 436 g/mol. The molecule has 29 heavy (non-hydrogen) atoms. The van der Waals surface area contributed by atoms with Crippen LogP contribution in [-0.2, 0) is 11.3 Å². The molecule has 0 aromatic heterocycles. The number of nitrogens with zero attached hydrogens (tertiary/aromatic N) is 3. The van der Waals surface area contributed by atoms with Gasteiger partial charge >= 0.3 is 5.97 Å². The van der Waals surface area contributed by atoms with Crippen molar-refractivity contribution in [2.45, 2.75) is 26.8 Å². The van der Waals surface area contributed by atoms with Crippen molar-refractivity contribution in [3.63, 3.8) is 0 Å². The summed E-state index contributed by atoms with van der Waals surface area (Å²) in [5, 5.41) is 9.01. The van der Waals surface area contributed by atoms with Gasteiger partial charge in [0.15, 0.2) is 0 Å². The van der Waals surface area contributed by atoms with Crippen molar-refractivity contribution in [2.24, 2.45) is 0 Å². The van der Waals surface area contributed by atoms with Gasteiger partial charge in [-0.15, -0.1) is 0 Å². The molecule has 0 unspecified atom stereocenters. The Hall–Kier alpha value is -1.19. The highest BCUT2D eigenvalue weighted by Gasteiger charge is 2.17. The Kier molecular flexibility index (Phi) is 10.4. The first-order valence-corrected chi connectivity index (χ1v) is 11.3. The van der Waals surface area contributed by atoms with E-state index in [1.165, 1.54) is 0 Å². The summed E-state index contributed by atoms with van der Waals surface area (Å²) in [6.07, 6.45) is 0.814. The van der Waals surface area contributed by atoms with Gasteiger partial charge in [0.2, 0.25) is 0 Å². The van der Waals surface area contributed by atoms with Crippen molar-refractivity contribution >= 4 is 27.6 Å². The number of hydrogen-bond acceptors (Lipinski definition) is 7. The third kappa shape index (κ3) is 7.53. The Balaban J connectivity index is 1.81. The van der Waals surface area contributed by atoms with E-state index in [1.54, 1.807) is 6.07 Å². The molecule has 1 aliphatic heterocycles. The highest BCUT2D eigenvalue weighted by atomic mass is 79.9. The number of ether oxygens (including phenoxy) is 1. The molecule has 8 heteroatoms. The van der Waals surface area contributed by atoms with Crippen LogP contribution in [0.15, 0.2) is 16.6 Å². The predicted octanol–water partition coefficient (Wildman–Crippen LogP) is 2.03. The molecule has 0 saturated carbocycles. The van der Waals surface area contributed by atoms with Crippen LogP contribution in [0, 0.1) is 0 Å². The van der Waals surface area contributed by atoms with Gasteiger partial charge in [0.05, 0.1) is 24.5 Å². The van der Waals surface area contributed by atoms with Gasteiger partial charge in [0.25, 0.3) is 0 Å². The molecule has 0 atom stereocenters. The van der Waals surface area contributed by atoms with Crippen LogP contribution < -0.4 is 5.73 Å². The normalized spacial score (nSPS) is 15.8. The second-order valence-corrected chi connectivity index (χ2v) is 8.24. The number of hydrogen-bond donors (Lipinski definition) is 2. The molecule has 3 N–H and O–H groups in total. The first-order valence-electron chi connectivity index (χ1n) is 10.5. The monoisotopic (exact) mass is 470 g/mol. The number of benzene rings is 1. The summed E-state index contributed by atoms with van der Waals surface area (Å²) >= 11 is 3.47. The number of halogens is 1. The molecule has 7 nitrogen and oxygen atoms in total. The minimum Gasteiger partial charge on any atom is -0.462 e. The van der Waals surface area contributed by atoms with Crippen molar-refractivity contribution in [1.29, 1.82) is 0 Å². The lowest BCUT2D eigenvalue weighted by Crippen LogP contribution is -2.47. The highest BCUT2D eigenvalue weighted by molar-refractivity contribution is 9.10. The summed E-state index contributed by atoms with van der Waals surface area (Å²) in [5.41, 5.74) is 8.34. The largest absolute Gasteiger partial charge is 0.462 e. The molecular formula is C21H35BrN4O3. The second kappa shape index (κ2) is 12.5. The molecule has 1 fully saturated rings. The van der Waals surface area contributed by atoms with E-state index in [0.29, 0.717) is 24.4 Å². The number of β-amino-alcohol motifs (C(OH)–C–C–N with tert-alkyl or cyclic N) is 1. The summed E-state index contributed by atoms with van der Waals surface area (Å²) < 4.78 is 6.23. The van der Waals surface area contributed by atoms with Gasteiger partial charge in [-0.2, -0.15) is 0 Å². The topological polar surface area (TPSA) is 82.3 Å². The second-order valence-electron chi connectivity index (χ2n) is 7.39. The van der Waals surface area contributed by atoms with Crippen molar-refractivity contribution in [3.05, 3.63) is 27.7 Å². The van der Waals surface area contributed by atoms with Crippen LogP contribution in [0.2, 0.25) is 0 Å². The van der Waals surface area contributed by atoms with E-state index in [1.807, 2.05) is 6.07 Å². The van der Waals surface area contributed by atoms with Crippen LogP contribution in [0.25, 0.3) is 0 Å². The van der Waals surface area contributed by atoms with Crippen molar-refractivity contribution < 1.29 is 14.6 Å². The van der Waals surface area contributed by atoms with E-state index in [0.717, 1.165) is 68.8 Å². The van der Waals surface area contributed by atoms with E-state index in [2.05, 4.69) is 44.5 Å². The van der Waals surface area contributed by atoms with Gasteiger partial charge in [-0.05, 0) is 53.1 Å². The molecule has 0 amide bonds. The van der Waals surface area contributed by atoms with Crippen LogP contribution in [0.5, 0.6) is 0 Å². The maximum absolute atomic E-state index is 12.5. The molecule has 2 rings (SSSR count). The molecule has 1 saturated heterocycles. The van der Waals surface area contributed by atoms with Crippen molar-refractivity contribution in [3.8, 4) is 0 Å². The Bertz CT molecular complexity index is 647. The van der Waals surface area contributed by atoms with E-state index in [-0.39, 0.29) is 12.6 Å². The van der Waals surface area contributed by atoms with E-state index in [9.17, 15) is 4.79 Å². The third-order valence-corrected chi connectivity index (χ3v) is 6.13. The molecule has 164 valence electrons. The van der Waals surface area contributed by atoms with Gasteiger partial charge in [-0.25, -0.2) is 4.79 Å². The SMILES string of the molecule is CCN(CC)Cc1cc(C(=O)OCCCN2CCN(CCO)CC2)cc(Br)c1N. The summed E-state index contributed by atoms with van der Waals surface area (Å²) in [5.74, 6) is -0.306. The number of carbonyl (C=O) groups excluding carboxylic acids is 1. The summed E-state index contributed by atoms with van der Waals surface area (Å²) in [6, 6.07) is 3.59. The summed E-state index contributed by atoms with van der Waals surface area (Å²) in [7, 11) is 0. The molecule has 0 radical (unpaired) electrons. The fraction of sp³-hybridized carbons (Fsp3) is 0.667. The number of esters is 1. The number of nitrogen functional groups attached to an aromatic ring is 1. The Labute approximate surface area is 182 Å². The molecule has 0 spiro atoms. The molecule has 1 heterocycles. The lowest BCUT2D eigenvalue weighted by Gasteiger charge is -2.34.